The van der Waals surface area contributed by atoms with Crippen LogP contribution < -0.4 is 10.6 Å². The highest BCUT2D eigenvalue weighted by atomic mass is 19.1. The first-order valence-corrected chi connectivity index (χ1v) is 8.62. The molecule has 0 unspecified atom stereocenters. The van der Waals surface area contributed by atoms with Crippen molar-refractivity contribution in [3.63, 3.8) is 0 Å². The average Bonchev–Trinajstić information content (AvgIpc) is 2.65. The summed E-state index contributed by atoms with van der Waals surface area (Å²) >= 11 is 0. The maximum Gasteiger partial charge on any atom is 0.303 e. The van der Waals surface area contributed by atoms with Gasteiger partial charge in [0.15, 0.2) is 0 Å². The number of amides is 2. The predicted octanol–water partition coefficient (Wildman–Crippen LogP) is 3.45. The van der Waals surface area contributed by atoms with Crippen molar-refractivity contribution in [2.45, 2.75) is 25.7 Å². The summed E-state index contributed by atoms with van der Waals surface area (Å²) in [5, 5.41) is 14.0. The third-order valence-electron chi connectivity index (χ3n) is 3.86. The zero-order valence-electron chi connectivity index (χ0n) is 14.7. The van der Waals surface area contributed by atoms with Crippen molar-refractivity contribution in [3.05, 3.63) is 65.5 Å². The first kappa shape index (κ1) is 20.1. The first-order chi connectivity index (χ1) is 13.0. The van der Waals surface area contributed by atoms with Gasteiger partial charge in [-0.3, -0.25) is 14.4 Å². The molecule has 0 bridgehead atoms. The van der Waals surface area contributed by atoms with Gasteiger partial charge in [0.05, 0.1) is 0 Å². The Morgan fingerprint density at radius 1 is 0.815 bits per heavy atom. The number of carbonyl (C=O) groups is 3. The molecule has 0 aliphatic heterocycles. The van der Waals surface area contributed by atoms with Gasteiger partial charge in [-0.05, 0) is 61.4 Å². The molecule has 6 nitrogen and oxygen atoms in total. The van der Waals surface area contributed by atoms with Gasteiger partial charge < -0.3 is 15.7 Å². The fraction of sp³-hybridized carbons (Fsp3) is 0.250. The highest BCUT2D eigenvalue weighted by molar-refractivity contribution is 6.04. The van der Waals surface area contributed by atoms with Crippen LogP contribution >= 0.6 is 0 Å². The summed E-state index contributed by atoms with van der Waals surface area (Å²) in [6, 6.07) is 11.6. The molecule has 0 aliphatic rings. The van der Waals surface area contributed by atoms with Gasteiger partial charge in [-0.2, -0.15) is 0 Å². The lowest BCUT2D eigenvalue weighted by molar-refractivity contribution is -0.137. The van der Waals surface area contributed by atoms with Crippen LogP contribution in [0.15, 0.2) is 48.5 Å². The van der Waals surface area contributed by atoms with E-state index in [1.54, 1.807) is 24.3 Å². The lowest BCUT2D eigenvalue weighted by atomic mass is 10.1. The lowest BCUT2D eigenvalue weighted by Crippen LogP contribution is -2.24. The Hall–Kier alpha value is -3.22. The maximum atomic E-state index is 12.9. The third kappa shape index (κ3) is 6.89. The van der Waals surface area contributed by atoms with E-state index in [-0.39, 0.29) is 18.2 Å². The molecule has 2 aromatic carbocycles. The molecule has 2 aromatic rings. The van der Waals surface area contributed by atoms with Gasteiger partial charge in [0, 0.05) is 29.8 Å². The second-order valence-electron chi connectivity index (χ2n) is 6.00. The molecule has 0 radical (unpaired) electrons. The normalized spacial score (nSPS) is 10.3. The molecule has 3 N–H and O–H groups in total. The molecule has 0 aliphatic carbocycles. The van der Waals surface area contributed by atoms with Crippen LogP contribution in [0.2, 0.25) is 0 Å². The predicted molar refractivity (Wildman–Crippen MR) is 99.2 cm³/mol. The number of carbonyl (C=O) groups excluding carboxylic acids is 2. The molecule has 0 spiro atoms. The minimum absolute atomic E-state index is 0.138. The Labute approximate surface area is 156 Å². The van der Waals surface area contributed by atoms with Gasteiger partial charge >= 0.3 is 5.97 Å². The molecular formula is C20H21FN2O4. The summed E-state index contributed by atoms with van der Waals surface area (Å²) in [6.07, 6.45) is 2.18. The zero-order valence-corrected chi connectivity index (χ0v) is 14.7. The van der Waals surface area contributed by atoms with E-state index in [1.807, 2.05) is 0 Å². The summed E-state index contributed by atoms with van der Waals surface area (Å²) in [5.74, 6) is -1.83. The topological polar surface area (TPSA) is 95.5 Å². The van der Waals surface area contributed by atoms with Gasteiger partial charge in [-0.15, -0.1) is 0 Å². The molecule has 2 amide bonds. The Bertz CT molecular complexity index is 789. The second-order valence-corrected chi connectivity index (χ2v) is 6.00. The summed E-state index contributed by atoms with van der Waals surface area (Å²) in [4.78, 5) is 34.5. The van der Waals surface area contributed by atoms with Crippen molar-refractivity contribution in [1.82, 2.24) is 5.32 Å². The van der Waals surface area contributed by atoms with Crippen molar-refractivity contribution in [2.24, 2.45) is 0 Å². The average molecular weight is 372 g/mol. The number of aliphatic carboxylic acids is 1. The third-order valence-corrected chi connectivity index (χ3v) is 3.86. The van der Waals surface area contributed by atoms with E-state index in [4.69, 9.17) is 5.11 Å². The Kier molecular flexibility index (Phi) is 7.49. The van der Waals surface area contributed by atoms with Crippen molar-refractivity contribution < 1.29 is 23.9 Å². The van der Waals surface area contributed by atoms with Gasteiger partial charge in [0.2, 0.25) is 0 Å². The molecule has 0 aromatic heterocycles. The van der Waals surface area contributed by atoms with Crippen molar-refractivity contribution in [2.75, 3.05) is 11.9 Å². The number of nitrogens with one attached hydrogen (secondary N) is 2. The van der Waals surface area contributed by atoms with Crippen molar-refractivity contribution >= 4 is 23.5 Å². The number of hydrogen-bond acceptors (Lipinski definition) is 3. The molecule has 2 rings (SSSR count). The molecule has 0 saturated carbocycles. The minimum atomic E-state index is -0.814. The highest BCUT2D eigenvalue weighted by Gasteiger charge is 2.08. The van der Waals surface area contributed by atoms with Crippen LogP contribution in [0, 0.1) is 5.82 Å². The standard InChI is InChI=1S/C20H21FN2O4/c21-16-9-5-15(6-10-16)20(27)23-17-11-7-14(8-12-17)19(26)22-13-3-1-2-4-18(24)25/h5-12H,1-4,13H2,(H,22,26)(H,23,27)(H,24,25). The maximum absolute atomic E-state index is 12.9. The summed E-state index contributed by atoms with van der Waals surface area (Å²) in [6.45, 7) is 0.474. The largest absolute Gasteiger partial charge is 0.481 e. The van der Waals surface area contributed by atoms with Crippen molar-refractivity contribution in [1.29, 1.82) is 0 Å². The molecule has 0 fully saturated rings. The Morgan fingerprint density at radius 3 is 2.04 bits per heavy atom. The van der Waals surface area contributed by atoms with Crippen LogP contribution in [0.25, 0.3) is 0 Å². The van der Waals surface area contributed by atoms with Crippen LogP contribution in [0.4, 0.5) is 10.1 Å². The van der Waals surface area contributed by atoms with Crippen LogP contribution in [0.3, 0.4) is 0 Å². The minimum Gasteiger partial charge on any atom is -0.481 e. The smallest absolute Gasteiger partial charge is 0.303 e. The van der Waals surface area contributed by atoms with Crippen LogP contribution in [-0.2, 0) is 4.79 Å². The number of unbranched alkanes of at least 4 members (excludes halogenated alkanes) is 2. The van der Waals surface area contributed by atoms with E-state index in [9.17, 15) is 18.8 Å². The van der Waals surface area contributed by atoms with E-state index < -0.39 is 11.8 Å². The molecule has 0 saturated heterocycles. The van der Waals surface area contributed by atoms with E-state index in [1.165, 1.54) is 24.3 Å². The number of benzene rings is 2. The number of carboxylic acid groups (broad SMARTS) is 1. The number of hydrogen-bond donors (Lipinski definition) is 3. The van der Waals surface area contributed by atoms with E-state index >= 15 is 0 Å². The van der Waals surface area contributed by atoms with Crippen LogP contribution in [0.1, 0.15) is 46.4 Å². The van der Waals surface area contributed by atoms with Gasteiger partial charge in [-0.1, -0.05) is 6.42 Å². The monoisotopic (exact) mass is 372 g/mol. The molecular weight excluding hydrogens is 351 g/mol. The van der Waals surface area contributed by atoms with Gasteiger partial charge in [0.25, 0.3) is 11.8 Å². The first-order valence-electron chi connectivity index (χ1n) is 8.62. The summed E-state index contributed by atoms with van der Waals surface area (Å²) < 4.78 is 12.9. The van der Waals surface area contributed by atoms with Crippen LogP contribution in [0.5, 0.6) is 0 Å². The fourth-order valence-corrected chi connectivity index (χ4v) is 2.39. The molecule has 0 atom stereocenters. The van der Waals surface area contributed by atoms with Gasteiger partial charge in [0.1, 0.15) is 5.82 Å². The quantitative estimate of drug-likeness (QED) is 0.588. The number of rotatable bonds is 9. The summed E-state index contributed by atoms with van der Waals surface area (Å²) in [5.41, 5.74) is 1.32. The van der Waals surface area contributed by atoms with Crippen molar-refractivity contribution in [3.8, 4) is 0 Å². The Morgan fingerprint density at radius 2 is 1.41 bits per heavy atom. The van der Waals surface area contributed by atoms with Crippen LogP contribution in [-0.4, -0.2) is 29.4 Å². The van der Waals surface area contributed by atoms with E-state index in [0.29, 0.717) is 36.2 Å². The van der Waals surface area contributed by atoms with Gasteiger partial charge in [-0.25, -0.2) is 4.39 Å². The van der Waals surface area contributed by atoms with E-state index in [2.05, 4.69) is 10.6 Å². The second kappa shape index (κ2) is 10.1. The number of carboxylic acids is 1. The lowest BCUT2D eigenvalue weighted by Gasteiger charge is -2.08. The number of anilines is 1. The zero-order chi connectivity index (χ0) is 19.6. The summed E-state index contributed by atoms with van der Waals surface area (Å²) in [7, 11) is 0. The SMILES string of the molecule is O=C(O)CCCCCNC(=O)c1ccc(NC(=O)c2ccc(F)cc2)cc1. The molecule has 27 heavy (non-hydrogen) atoms. The Balaban J connectivity index is 1.78. The number of halogens is 1. The fourth-order valence-electron chi connectivity index (χ4n) is 2.39. The van der Waals surface area contributed by atoms with E-state index in [0.717, 1.165) is 6.42 Å². The highest BCUT2D eigenvalue weighted by Crippen LogP contribution is 2.12. The molecule has 142 valence electrons. The molecule has 0 heterocycles. The molecule has 7 heteroatoms.